The Hall–Kier alpha value is -3.79. The average molecular weight is 450 g/mol. The predicted octanol–water partition coefficient (Wildman–Crippen LogP) is 3.06. The molecule has 0 bridgehead atoms. The van der Waals surface area contributed by atoms with Crippen LogP contribution in [0.15, 0.2) is 55.1 Å². The van der Waals surface area contributed by atoms with Crippen molar-refractivity contribution in [3.8, 4) is 5.69 Å². The van der Waals surface area contributed by atoms with Gasteiger partial charge in [-0.25, -0.2) is 9.67 Å². The number of hydrogen-bond donors (Lipinski definition) is 0. The number of carbonyl (C=O) groups excluding carboxylic acids is 1. The molecule has 1 amide bonds. The first-order valence-electron chi connectivity index (χ1n) is 10.7. The number of benzene rings is 2. The molecule has 172 valence electrons. The van der Waals surface area contributed by atoms with Gasteiger partial charge in [-0.2, -0.15) is 5.10 Å². The number of hydrogen-bond acceptors (Lipinski definition) is 7. The summed E-state index contributed by atoms with van der Waals surface area (Å²) >= 11 is 0. The lowest BCUT2D eigenvalue weighted by Crippen LogP contribution is -2.37. The van der Waals surface area contributed by atoms with Crippen molar-refractivity contribution in [2.24, 2.45) is 0 Å². The highest BCUT2D eigenvalue weighted by Crippen LogP contribution is 2.25. The molecule has 1 aliphatic heterocycles. The Morgan fingerprint density at radius 1 is 1.24 bits per heavy atom. The van der Waals surface area contributed by atoms with Crippen LogP contribution in [0, 0.1) is 10.1 Å². The molecular formula is C23H26N6O4. The van der Waals surface area contributed by atoms with Gasteiger partial charge in [-0.05, 0) is 42.7 Å². The quantitative estimate of drug-likeness (QED) is 0.383. The molecule has 1 aromatic heterocycles. The van der Waals surface area contributed by atoms with E-state index >= 15 is 0 Å². The minimum atomic E-state index is -0.516. The molecule has 4 rings (SSSR count). The number of ether oxygens (including phenoxy) is 1. The average Bonchev–Trinajstić information content (AvgIpc) is 3.52. The molecule has 0 radical (unpaired) electrons. The van der Waals surface area contributed by atoms with Gasteiger partial charge in [-0.15, -0.1) is 0 Å². The molecule has 0 N–H and O–H groups in total. The predicted molar refractivity (Wildman–Crippen MR) is 122 cm³/mol. The van der Waals surface area contributed by atoms with Crippen LogP contribution in [0.4, 0.5) is 11.4 Å². The third-order valence-electron chi connectivity index (χ3n) is 5.65. The molecule has 10 nitrogen and oxygen atoms in total. The highest BCUT2D eigenvalue weighted by atomic mass is 16.6. The van der Waals surface area contributed by atoms with E-state index in [4.69, 9.17) is 4.74 Å². The Kier molecular flexibility index (Phi) is 6.64. The zero-order valence-electron chi connectivity index (χ0n) is 18.6. The van der Waals surface area contributed by atoms with E-state index in [1.807, 2.05) is 43.3 Å². The van der Waals surface area contributed by atoms with Crippen molar-refractivity contribution in [3.05, 3.63) is 76.4 Å². The molecule has 0 aliphatic carbocycles. The van der Waals surface area contributed by atoms with Gasteiger partial charge in [0.2, 0.25) is 0 Å². The van der Waals surface area contributed by atoms with Gasteiger partial charge >= 0.3 is 0 Å². The Morgan fingerprint density at radius 2 is 2.03 bits per heavy atom. The summed E-state index contributed by atoms with van der Waals surface area (Å²) in [5, 5.41) is 15.7. The summed E-state index contributed by atoms with van der Waals surface area (Å²) in [7, 11) is 3.94. The fourth-order valence-electron chi connectivity index (χ4n) is 3.88. The molecule has 0 spiro atoms. The maximum atomic E-state index is 13.5. The maximum absolute atomic E-state index is 13.5. The summed E-state index contributed by atoms with van der Waals surface area (Å²) in [6.07, 6.45) is 4.48. The van der Waals surface area contributed by atoms with Crippen molar-refractivity contribution in [3.63, 3.8) is 0 Å². The van der Waals surface area contributed by atoms with E-state index in [9.17, 15) is 14.9 Å². The van der Waals surface area contributed by atoms with Crippen molar-refractivity contribution < 1.29 is 14.5 Å². The summed E-state index contributed by atoms with van der Waals surface area (Å²) in [4.78, 5) is 32.2. The van der Waals surface area contributed by atoms with E-state index in [-0.39, 0.29) is 28.9 Å². The van der Waals surface area contributed by atoms with Crippen LogP contribution in [0.25, 0.3) is 5.69 Å². The van der Waals surface area contributed by atoms with Crippen molar-refractivity contribution >= 4 is 17.3 Å². The van der Waals surface area contributed by atoms with E-state index in [1.54, 1.807) is 11.0 Å². The van der Waals surface area contributed by atoms with Crippen LogP contribution >= 0.6 is 0 Å². The summed E-state index contributed by atoms with van der Waals surface area (Å²) in [5.41, 5.74) is 2.32. The zero-order valence-corrected chi connectivity index (χ0v) is 18.6. The summed E-state index contributed by atoms with van der Waals surface area (Å²) < 4.78 is 7.07. The van der Waals surface area contributed by atoms with E-state index < -0.39 is 4.92 Å². The third-order valence-corrected chi connectivity index (χ3v) is 5.65. The molecule has 33 heavy (non-hydrogen) atoms. The molecule has 10 heteroatoms. The molecule has 1 unspecified atom stereocenters. The second-order valence-corrected chi connectivity index (χ2v) is 8.18. The number of nitro benzene ring substituents is 1. The second-order valence-electron chi connectivity index (χ2n) is 8.18. The number of nitro groups is 1. The molecule has 2 heterocycles. The Labute approximate surface area is 191 Å². The largest absolute Gasteiger partial charge is 0.378 e. The monoisotopic (exact) mass is 450 g/mol. The van der Waals surface area contributed by atoms with E-state index in [1.165, 1.54) is 29.5 Å². The number of amides is 1. The number of aromatic nitrogens is 3. The maximum Gasteiger partial charge on any atom is 0.295 e. The SMILES string of the molecule is CN(C)c1ccc(CN(CC2CCCO2)C(=O)c2ccc(-n3cncn3)c([N+](=O)[O-])c2)cc1. The molecule has 1 atom stereocenters. The third kappa shape index (κ3) is 5.17. The van der Waals surface area contributed by atoms with Crippen LogP contribution < -0.4 is 4.90 Å². The van der Waals surface area contributed by atoms with Gasteiger partial charge in [-0.1, -0.05) is 12.1 Å². The summed E-state index contributed by atoms with van der Waals surface area (Å²) in [5.74, 6) is -0.282. The second kappa shape index (κ2) is 9.78. The number of rotatable bonds is 8. The smallest absolute Gasteiger partial charge is 0.295 e. The number of nitrogens with zero attached hydrogens (tertiary/aromatic N) is 6. The zero-order chi connectivity index (χ0) is 23.4. The lowest BCUT2D eigenvalue weighted by atomic mass is 10.1. The Bertz CT molecular complexity index is 1110. The first-order chi connectivity index (χ1) is 15.9. The van der Waals surface area contributed by atoms with Crippen molar-refractivity contribution in [2.45, 2.75) is 25.5 Å². The van der Waals surface area contributed by atoms with Crippen LogP contribution in [-0.2, 0) is 11.3 Å². The highest BCUT2D eigenvalue weighted by molar-refractivity contribution is 5.95. The molecule has 1 fully saturated rings. The first kappa shape index (κ1) is 22.4. The van der Waals surface area contributed by atoms with E-state index in [0.717, 1.165) is 24.1 Å². The number of anilines is 1. The van der Waals surface area contributed by atoms with Crippen LogP contribution in [0.2, 0.25) is 0 Å². The summed E-state index contributed by atoms with van der Waals surface area (Å²) in [6, 6.07) is 12.4. The number of carbonyl (C=O) groups is 1. The lowest BCUT2D eigenvalue weighted by molar-refractivity contribution is -0.384. The van der Waals surface area contributed by atoms with Crippen LogP contribution in [0.5, 0.6) is 0 Å². The molecule has 0 saturated carbocycles. The van der Waals surface area contributed by atoms with Crippen molar-refractivity contribution in [1.29, 1.82) is 0 Å². The van der Waals surface area contributed by atoms with Gasteiger partial charge in [0, 0.05) is 51.1 Å². The minimum absolute atomic E-state index is 0.0422. The highest BCUT2D eigenvalue weighted by Gasteiger charge is 2.26. The Balaban J connectivity index is 1.62. The van der Waals surface area contributed by atoms with Crippen LogP contribution in [-0.4, -0.2) is 63.8 Å². The first-order valence-corrected chi connectivity index (χ1v) is 10.7. The van der Waals surface area contributed by atoms with Crippen LogP contribution in [0.1, 0.15) is 28.8 Å². The topological polar surface area (TPSA) is 107 Å². The molecule has 3 aromatic rings. The lowest BCUT2D eigenvalue weighted by Gasteiger charge is -2.26. The van der Waals surface area contributed by atoms with Crippen LogP contribution in [0.3, 0.4) is 0 Å². The van der Waals surface area contributed by atoms with Crippen molar-refractivity contribution in [1.82, 2.24) is 19.7 Å². The van der Waals surface area contributed by atoms with E-state index in [0.29, 0.717) is 19.7 Å². The molecule has 1 saturated heterocycles. The molecule has 1 aliphatic rings. The summed E-state index contributed by atoms with van der Waals surface area (Å²) in [6.45, 7) is 1.49. The minimum Gasteiger partial charge on any atom is -0.378 e. The van der Waals surface area contributed by atoms with Gasteiger partial charge in [0.1, 0.15) is 18.3 Å². The Morgan fingerprint density at radius 3 is 2.64 bits per heavy atom. The molecule has 2 aromatic carbocycles. The fourth-order valence-corrected chi connectivity index (χ4v) is 3.88. The van der Waals surface area contributed by atoms with Crippen molar-refractivity contribution in [2.75, 3.05) is 32.1 Å². The van der Waals surface area contributed by atoms with E-state index in [2.05, 4.69) is 10.1 Å². The molecular weight excluding hydrogens is 424 g/mol. The van der Waals surface area contributed by atoms with Gasteiger partial charge in [-0.3, -0.25) is 14.9 Å². The standard InChI is InChI=1S/C23H26N6O4/c1-26(2)19-8-5-17(6-9-19)13-27(14-20-4-3-11-33-20)23(30)18-7-10-21(22(12-18)29(31)32)28-16-24-15-25-28/h5-10,12,15-16,20H,3-4,11,13-14H2,1-2H3. The van der Waals surface area contributed by atoms with Gasteiger partial charge in [0.05, 0.1) is 11.0 Å². The van der Waals surface area contributed by atoms with Gasteiger partial charge in [0.15, 0.2) is 0 Å². The van der Waals surface area contributed by atoms with Gasteiger partial charge < -0.3 is 14.5 Å². The van der Waals surface area contributed by atoms with Gasteiger partial charge in [0.25, 0.3) is 11.6 Å². The fraction of sp³-hybridized carbons (Fsp3) is 0.348. The normalized spacial score (nSPS) is 15.4.